The van der Waals surface area contributed by atoms with E-state index in [9.17, 15) is 4.79 Å². The molecule has 3 unspecified atom stereocenters. The molecule has 0 aromatic rings. The van der Waals surface area contributed by atoms with Gasteiger partial charge in [0.05, 0.1) is 0 Å². The van der Waals surface area contributed by atoms with Crippen LogP contribution in [0.25, 0.3) is 0 Å². The number of fused-ring (bicyclic) bond motifs is 2. The smallest absolute Gasteiger partial charge is 0.243 e. The monoisotopic (exact) mass is 246 g/mol. The third kappa shape index (κ3) is 2.50. The van der Waals surface area contributed by atoms with Gasteiger partial charge in [0, 0.05) is 18.1 Å². The lowest BCUT2D eigenvalue weighted by Crippen LogP contribution is -2.28. The van der Waals surface area contributed by atoms with Gasteiger partial charge in [-0.2, -0.15) is 5.10 Å². The molecule has 0 spiro atoms. The quantitative estimate of drug-likeness (QED) is 0.464. The van der Waals surface area contributed by atoms with Gasteiger partial charge < -0.3 is 0 Å². The molecule has 0 heterocycles. The van der Waals surface area contributed by atoms with Crippen molar-refractivity contribution in [1.29, 1.82) is 0 Å². The average Bonchev–Trinajstić information content (AvgIpc) is 3.02. The molecule has 3 heteroatoms. The summed E-state index contributed by atoms with van der Waals surface area (Å²) in [5.41, 5.74) is 2.75. The predicted octanol–water partition coefficient (Wildman–Crippen LogP) is 2.88. The number of nitrogens with zero attached hydrogens (tertiary/aromatic N) is 1. The Morgan fingerprint density at radius 1 is 1.17 bits per heavy atom. The van der Waals surface area contributed by atoms with Gasteiger partial charge in [0.1, 0.15) is 0 Å². The Hall–Kier alpha value is -1.12. The number of amides is 1. The van der Waals surface area contributed by atoms with Crippen LogP contribution in [0.3, 0.4) is 0 Å². The lowest BCUT2D eigenvalue weighted by Gasteiger charge is -2.19. The first-order valence-corrected chi connectivity index (χ1v) is 7.34. The van der Waals surface area contributed by atoms with Crippen LogP contribution in [-0.2, 0) is 4.79 Å². The van der Waals surface area contributed by atoms with E-state index in [1.807, 2.05) is 6.21 Å². The van der Waals surface area contributed by atoms with E-state index < -0.39 is 0 Å². The van der Waals surface area contributed by atoms with Crippen molar-refractivity contribution in [2.45, 2.75) is 44.9 Å². The molecular formula is C15H22N2O. The number of rotatable bonds is 3. The second-order valence-corrected chi connectivity index (χ2v) is 6.03. The van der Waals surface area contributed by atoms with Crippen LogP contribution in [0.15, 0.2) is 17.3 Å². The van der Waals surface area contributed by atoms with Crippen LogP contribution in [0.4, 0.5) is 0 Å². The van der Waals surface area contributed by atoms with Crippen LogP contribution >= 0.6 is 0 Å². The van der Waals surface area contributed by atoms with Gasteiger partial charge in [0.25, 0.3) is 0 Å². The third-order valence-corrected chi connectivity index (χ3v) is 4.75. The highest BCUT2D eigenvalue weighted by Gasteiger charge is 2.34. The van der Waals surface area contributed by atoms with Crippen LogP contribution in [0.1, 0.15) is 44.9 Å². The average molecular weight is 246 g/mol. The van der Waals surface area contributed by atoms with Crippen molar-refractivity contribution in [1.82, 2.24) is 5.43 Å². The van der Waals surface area contributed by atoms with E-state index in [0.717, 1.165) is 18.8 Å². The van der Waals surface area contributed by atoms with Gasteiger partial charge in [-0.15, -0.1) is 0 Å². The highest BCUT2D eigenvalue weighted by Crippen LogP contribution is 2.42. The Bertz CT molecular complexity index is 369. The fraction of sp³-hybridized carbons (Fsp3) is 0.733. The maximum atomic E-state index is 11.9. The van der Waals surface area contributed by atoms with Crippen molar-refractivity contribution in [3.63, 3.8) is 0 Å². The molecule has 3 atom stereocenters. The molecule has 0 aromatic carbocycles. The van der Waals surface area contributed by atoms with Crippen LogP contribution in [0.2, 0.25) is 0 Å². The zero-order valence-electron chi connectivity index (χ0n) is 10.8. The minimum atomic E-state index is 0.129. The molecule has 18 heavy (non-hydrogen) atoms. The molecule has 2 bridgehead atoms. The van der Waals surface area contributed by atoms with Crippen LogP contribution < -0.4 is 5.43 Å². The summed E-state index contributed by atoms with van der Waals surface area (Å²) in [6.07, 6.45) is 14.9. The Balaban J connectivity index is 1.46. The zero-order chi connectivity index (χ0) is 12.4. The van der Waals surface area contributed by atoms with Crippen molar-refractivity contribution in [3.8, 4) is 0 Å². The van der Waals surface area contributed by atoms with Crippen molar-refractivity contribution in [2.24, 2.45) is 28.8 Å². The third-order valence-electron chi connectivity index (χ3n) is 4.75. The van der Waals surface area contributed by atoms with Crippen molar-refractivity contribution >= 4 is 12.1 Å². The summed E-state index contributed by atoms with van der Waals surface area (Å²) in [7, 11) is 0. The summed E-state index contributed by atoms with van der Waals surface area (Å²) < 4.78 is 0. The predicted molar refractivity (Wildman–Crippen MR) is 72.1 cm³/mol. The van der Waals surface area contributed by atoms with E-state index in [1.54, 1.807) is 0 Å². The molecule has 1 N–H and O–H groups in total. The summed E-state index contributed by atoms with van der Waals surface area (Å²) in [6, 6.07) is 0. The fourth-order valence-electron chi connectivity index (χ4n) is 3.65. The van der Waals surface area contributed by atoms with Gasteiger partial charge >= 0.3 is 0 Å². The number of carbonyl (C=O) groups is 1. The molecule has 0 saturated heterocycles. The lowest BCUT2D eigenvalue weighted by atomic mass is 9.89. The highest BCUT2D eigenvalue weighted by molar-refractivity contribution is 5.79. The van der Waals surface area contributed by atoms with Gasteiger partial charge in [-0.3, -0.25) is 4.79 Å². The van der Waals surface area contributed by atoms with Crippen molar-refractivity contribution in [2.75, 3.05) is 0 Å². The zero-order valence-corrected chi connectivity index (χ0v) is 10.8. The summed E-state index contributed by atoms with van der Waals surface area (Å²) >= 11 is 0. The summed E-state index contributed by atoms with van der Waals surface area (Å²) in [5, 5.41) is 4.19. The Morgan fingerprint density at radius 2 is 2.00 bits per heavy atom. The highest BCUT2D eigenvalue weighted by atomic mass is 16.2. The number of carbonyl (C=O) groups excluding carboxylic acids is 1. The van der Waals surface area contributed by atoms with Gasteiger partial charge in [-0.1, -0.05) is 31.4 Å². The molecule has 3 aliphatic rings. The number of hydrogen-bond acceptors (Lipinski definition) is 2. The maximum absolute atomic E-state index is 11.9. The van der Waals surface area contributed by atoms with Crippen molar-refractivity contribution < 1.29 is 4.79 Å². The first-order chi connectivity index (χ1) is 8.83. The first-order valence-electron chi connectivity index (χ1n) is 7.34. The van der Waals surface area contributed by atoms with Crippen LogP contribution in [-0.4, -0.2) is 12.1 Å². The van der Waals surface area contributed by atoms with Gasteiger partial charge in [-0.25, -0.2) is 5.43 Å². The summed E-state index contributed by atoms with van der Waals surface area (Å²) in [4.78, 5) is 11.9. The minimum absolute atomic E-state index is 0.129. The molecule has 2 fully saturated rings. The van der Waals surface area contributed by atoms with E-state index in [1.165, 1.54) is 32.1 Å². The van der Waals surface area contributed by atoms with Crippen molar-refractivity contribution in [3.05, 3.63) is 12.2 Å². The standard InChI is InChI=1S/C15H22N2O/c18-15(12-4-2-1-3-5-12)17-16-10-14-9-11-6-7-13(14)8-11/h6-7,10-14H,1-5,8-9H2,(H,17,18). The summed E-state index contributed by atoms with van der Waals surface area (Å²) in [5.74, 6) is 2.32. The number of nitrogens with one attached hydrogen (secondary N) is 1. The topological polar surface area (TPSA) is 41.5 Å². The van der Waals surface area contributed by atoms with E-state index in [-0.39, 0.29) is 11.8 Å². The lowest BCUT2D eigenvalue weighted by molar-refractivity contribution is -0.125. The molecular weight excluding hydrogens is 224 g/mol. The normalized spacial score (nSPS) is 35.4. The van der Waals surface area contributed by atoms with Gasteiger partial charge in [0.2, 0.25) is 5.91 Å². The SMILES string of the molecule is O=C(NN=CC1CC2C=CC1C2)C1CCCCC1. The first kappa shape index (κ1) is 11.9. The molecule has 3 nitrogen and oxygen atoms in total. The number of allylic oxidation sites excluding steroid dienone is 2. The summed E-state index contributed by atoms with van der Waals surface area (Å²) in [6.45, 7) is 0. The van der Waals surface area contributed by atoms with E-state index >= 15 is 0 Å². The van der Waals surface area contributed by atoms with E-state index in [0.29, 0.717) is 11.8 Å². The molecule has 3 rings (SSSR count). The Morgan fingerprint density at radius 3 is 2.67 bits per heavy atom. The molecule has 0 aromatic heterocycles. The van der Waals surface area contributed by atoms with E-state index in [4.69, 9.17) is 0 Å². The largest absolute Gasteiger partial charge is 0.273 e. The molecule has 0 aliphatic heterocycles. The van der Waals surface area contributed by atoms with Crippen LogP contribution in [0.5, 0.6) is 0 Å². The van der Waals surface area contributed by atoms with E-state index in [2.05, 4.69) is 22.7 Å². The second-order valence-electron chi connectivity index (χ2n) is 6.03. The molecule has 98 valence electrons. The second kappa shape index (κ2) is 5.25. The van der Waals surface area contributed by atoms with Gasteiger partial charge in [-0.05, 0) is 37.5 Å². The molecule has 3 aliphatic carbocycles. The molecule has 1 amide bonds. The molecule has 0 radical (unpaired) electrons. The number of hydrogen-bond donors (Lipinski definition) is 1. The Labute approximate surface area is 109 Å². The van der Waals surface area contributed by atoms with Crippen LogP contribution in [0, 0.1) is 23.7 Å². The Kier molecular flexibility index (Phi) is 3.48. The van der Waals surface area contributed by atoms with Gasteiger partial charge in [0.15, 0.2) is 0 Å². The maximum Gasteiger partial charge on any atom is 0.243 e. The number of hydrazone groups is 1. The molecule has 2 saturated carbocycles. The minimum Gasteiger partial charge on any atom is -0.273 e. The fourth-order valence-corrected chi connectivity index (χ4v) is 3.65.